The molecule has 0 aromatic heterocycles. The summed E-state index contributed by atoms with van der Waals surface area (Å²) in [5.41, 5.74) is 4.05. The van der Waals surface area contributed by atoms with Crippen molar-refractivity contribution in [1.29, 1.82) is 0 Å². The fourth-order valence-corrected chi connectivity index (χ4v) is 7.98. The van der Waals surface area contributed by atoms with E-state index in [1.54, 1.807) is 0 Å². The molecule has 1 aliphatic rings. The molecule has 2 N–H and O–H groups in total. The van der Waals surface area contributed by atoms with E-state index in [1.165, 1.54) is 0 Å². The number of rotatable bonds is 22. The summed E-state index contributed by atoms with van der Waals surface area (Å²) in [5.74, 6) is -0.908. The minimum atomic E-state index is -4.27. The van der Waals surface area contributed by atoms with Crippen LogP contribution in [0.3, 0.4) is 0 Å². The zero-order chi connectivity index (χ0) is 42.4. The molecular formula is C46H58N3O9P. The fraction of sp³-hybridized carbons (Fsp3) is 0.413. The molecule has 13 heteroatoms. The number of esters is 2. The molecule has 0 bridgehead atoms. The minimum Gasteiger partial charge on any atom is -0.428 e. The maximum Gasteiger partial charge on any atom is 0.476 e. The first kappa shape index (κ1) is 45.1. The molecule has 0 saturated heterocycles. The molecule has 1 atom stereocenters. The molecule has 12 nitrogen and oxygen atoms in total. The second-order valence-corrected chi connectivity index (χ2v) is 17.4. The van der Waals surface area contributed by atoms with Crippen molar-refractivity contribution in [2.75, 3.05) is 35.4 Å². The summed E-state index contributed by atoms with van der Waals surface area (Å²) < 4.78 is 41.9. The summed E-state index contributed by atoms with van der Waals surface area (Å²) in [6, 6.07) is 31.4. The number of carbonyl (C=O) groups is 3. The van der Waals surface area contributed by atoms with Gasteiger partial charge in [0.05, 0.1) is 31.0 Å². The van der Waals surface area contributed by atoms with E-state index in [4.69, 9.17) is 23.0 Å². The maximum atomic E-state index is 13.9. The number of nitrogens with one attached hydrogen (secondary N) is 2. The average Bonchev–Trinajstić information content (AvgIpc) is 3.99. The van der Waals surface area contributed by atoms with E-state index in [0.29, 0.717) is 29.6 Å². The highest BCUT2D eigenvalue weighted by Crippen LogP contribution is 2.60. The van der Waals surface area contributed by atoms with E-state index in [-0.39, 0.29) is 44.4 Å². The van der Waals surface area contributed by atoms with Crippen molar-refractivity contribution in [3.05, 3.63) is 125 Å². The Balaban J connectivity index is 1.22. The third-order valence-electron chi connectivity index (χ3n) is 9.70. The third kappa shape index (κ3) is 14.1. The van der Waals surface area contributed by atoms with Gasteiger partial charge in [0.1, 0.15) is 0 Å². The van der Waals surface area contributed by atoms with Crippen LogP contribution in [0.15, 0.2) is 103 Å². The van der Waals surface area contributed by atoms with Gasteiger partial charge in [-0.2, -0.15) is 0 Å². The van der Waals surface area contributed by atoms with Gasteiger partial charge in [-0.15, -0.1) is 0 Å². The SMILES string of the molecule is CC[C@@H](CC(=O)OCOC(=O)C1(OP(=O)(OCc2ccccc2)OCc2ccccc2)CC1)c1ccc(N(CC(C)C)CC(C)C)c(NC(=O)Nc2ccc(C)cc2)c1. The van der Waals surface area contributed by atoms with Crippen LogP contribution >= 0.6 is 7.82 Å². The van der Waals surface area contributed by atoms with Crippen LogP contribution in [-0.4, -0.2) is 43.5 Å². The largest absolute Gasteiger partial charge is 0.476 e. The molecule has 4 aromatic carbocycles. The van der Waals surface area contributed by atoms with Crippen LogP contribution in [0.4, 0.5) is 21.9 Å². The van der Waals surface area contributed by atoms with Crippen molar-refractivity contribution in [3.63, 3.8) is 0 Å². The summed E-state index contributed by atoms with van der Waals surface area (Å²) in [4.78, 5) is 42.1. The van der Waals surface area contributed by atoms with Crippen molar-refractivity contribution < 1.29 is 42.0 Å². The Hall–Kier alpha value is -5.00. The molecule has 1 saturated carbocycles. The van der Waals surface area contributed by atoms with Gasteiger partial charge < -0.3 is 25.0 Å². The van der Waals surface area contributed by atoms with E-state index in [1.807, 2.05) is 117 Å². The third-order valence-corrected chi connectivity index (χ3v) is 11.2. The molecule has 2 amide bonds. The molecular weight excluding hydrogens is 769 g/mol. The van der Waals surface area contributed by atoms with Gasteiger partial charge in [0.15, 0.2) is 5.60 Å². The standard InChI is InChI=1S/C46H58N3O9P/c1-7-38(39-20-23-42(49(28-33(2)3)29-34(4)5)41(26-39)48-45(52)47-40-21-18-35(6)19-22-40)27-43(50)54-32-55-44(51)46(24-25-46)58-59(53,56-30-36-14-10-8-11-15-36)57-31-37-16-12-9-13-17-37/h8-23,26,33-34,38H,7,24-25,27-32H2,1-6H3,(H2,47,48,52)/t38-/m0/s1. The Morgan fingerprint density at radius 2 is 1.34 bits per heavy atom. The number of amides is 2. The average molecular weight is 828 g/mol. The van der Waals surface area contributed by atoms with Crippen LogP contribution < -0.4 is 15.5 Å². The van der Waals surface area contributed by atoms with Gasteiger partial charge in [-0.25, -0.2) is 14.2 Å². The van der Waals surface area contributed by atoms with Gasteiger partial charge in [0.25, 0.3) is 0 Å². The Morgan fingerprint density at radius 1 is 0.763 bits per heavy atom. The van der Waals surface area contributed by atoms with Crippen LogP contribution in [0.5, 0.6) is 0 Å². The minimum absolute atomic E-state index is 0.00159. The monoisotopic (exact) mass is 827 g/mol. The zero-order valence-electron chi connectivity index (χ0n) is 35.0. The molecule has 0 aliphatic heterocycles. The first-order valence-corrected chi connectivity index (χ1v) is 21.8. The van der Waals surface area contributed by atoms with Gasteiger partial charge in [-0.05, 0) is 84.9 Å². The lowest BCUT2D eigenvalue weighted by atomic mass is 9.92. The maximum absolute atomic E-state index is 13.9. The van der Waals surface area contributed by atoms with Crippen LogP contribution in [0.25, 0.3) is 0 Å². The quantitative estimate of drug-likeness (QED) is 0.0447. The smallest absolute Gasteiger partial charge is 0.428 e. The highest BCUT2D eigenvalue weighted by atomic mass is 31.2. The van der Waals surface area contributed by atoms with Crippen LogP contribution in [0.2, 0.25) is 0 Å². The topological polar surface area (TPSA) is 142 Å². The van der Waals surface area contributed by atoms with Gasteiger partial charge in [0, 0.05) is 18.8 Å². The second-order valence-electron chi connectivity index (χ2n) is 15.8. The van der Waals surface area contributed by atoms with E-state index >= 15 is 0 Å². The Bertz CT molecular complexity index is 1970. The molecule has 316 valence electrons. The lowest BCUT2D eigenvalue weighted by Gasteiger charge is -2.31. The van der Waals surface area contributed by atoms with Gasteiger partial charge in [-0.3, -0.25) is 18.4 Å². The van der Waals surface area contributed by atoms with Crippen molar-refractivity contribution in [1.82, 2.24) is 0 Å². The predicted molar refractivity (Wildman–Crippen MR) is 230 cm³/mol. The van der Waals surface area contributed by atoms with Crippen molar-refractivity contribution in [3.8, 4) is 0 Å². The summed E-state index contributed by atoms with van der Waals surface area (Å²) in [6.45, 7) is 13.4. The highest BCUT2D eigenvalue weighted by Gasteiger charge is 2.58. The Kier molecular flexibility index (Phi) is 16.3. The Labute approximate surface area is 348 Å². The number of nitrogens with zero attached hydrogens (tertiary/aromatic N) is 1. The first-order chi connectivity index (χ1) is 28.3. The molecule has 0 radical (unpaired) electrons. The number of benzene rings is 4. The normalized spacial score (nSPS) is 13.8. The number of aryl methyl sites for hydroxylation is 1. The van der Waals surface area contributed by atoms with Gasteiger partial charge in [0.2, 0.25) is 6.79 Å². The number of phosphoric ester groups is 1. The lowest BCUT2D eigenvalue weighted by molar-refractivity contribution is -0.175. The lowest BCUT2D eigenvalue weighted by Crippen LogP contribution is -2.32. The number of ether oxygens (including phenoxy) is 2. The van der Waals surface area contributed by atoms with Crippen molar-refractivity contribution in [2.24, 2.45) is 11.8 Å². The second kappa shape index (κ2) is 21.3. The Morgan fingerprint density at radius 3 is 1.86 bits per heavy atom. The van der Waals surface area contributed by atoms with Crippen molar-refractivity contribution >= 4 is 42.9 Å². The number of phosphoric acid groups is 1. The van der Waals surface area contributed by atoms with E-state index in [2.05, 4.69) is 43.2 Å². The fourth-order valence-electron chi connectivity index (χ4n) is 6.50. The molecule has 0 heterocycles. The molecule has 1 aliphatic carbocycles. The van der Waals surface area contributed by atoms with E-state index in [9.17, 15) is 18.9 Å². The summed E-state index contributed by atoms with van der Waals surface area (Å²) in [5, 5.41) is 6.00. The first-order valence-electron chi connectivity index (χ1n) is 20.3. The number of hydrogen-bond donors (Lipinski definition) is 2. The molecule has 0 spiro atoms. The van der Waals surface area contributed by atoms with Gasteiger partial charge >= 0.3 is 25.8 Å². The molecule has 0 unspecified atom stereocenters. The molecule has 4 aromatic rings. The number of urea groups is 1. The van der Waals surface area contributed by atoms with Crippen LogP contribution in [-0.2, 0) is 50.4 Å². The summed E-state index contributed by atoms with van der Waals surface area (Å²) >= 11 is 0. The number of anilines is 3. The van der Waals surface area contributed by atoms with E-state index in [0.717, 1.165) is 41.0 Å². The molecule has 59 heavy (non-hydrogen) atoms. The number of hydrogen-bond acceptors (Lipinski definition) is 10. The highest BCUT2D eigenvalue weighted by molar-refractivity contribution is 7.48. The predicted octanol–water partition coefficient (Wildman–Crippen LogP) is 10.8. The van der Waals surface area contributed by atoms with Crippen LogP contribution in [0, 0.1) is 18.8 Å². The molecule has 5 rings (SSSR count). The molecule has 1 fully saturated rings. The van der Waals surface area contributed by atoms with E-state index < -0.39 is 32.2 Å². The van der Waals surface area contributed by atoms with Crippen LogP contribution in [0.1, 0.15) is 88.5 Å². The summed E-state index contributed by atoms with van der Waals surface area (Å²) in [7, 11) is -4.27. The van der Waals surface area contributed by atoms with Gasteiger partial charge in [-0.1, -0.05) is 119 Å². The number of carbonyl (C=O) groups excluding carboxylic acids is 3. The zero-order valence-corrected chi connectivity index (χ0v) is 35.9. The summed E-state index contributed by atoms with van der Waals surface area (Å²) in [6.07, 6.45) is 1.06. The van der Waals surface area contributed by atoms with Crippen molar-refractivity contribution in [2.45, 2.75) is 92.0 Å².